The fourth-order valence-corrected chi connectivity index (χ4v) is 2.76. The van der Waals surface area contributed by atoms with Gasteiger partial charge in [0, 0.05) is 17.3 Å². The molecule has 3 rings (SSSR count). The van der Waals surface area contributed by atoms with Crippen molar-refractivity contribution in [2.45, 2.75) is 27.2 Å². The molecule has 8 nitrogen and oxygen atoms in total. The van der Waals surface area contributed by atoms with Crippen LogP contribution in [0.4, 0.5) is 11.5 Å². The van der Waals surface area contributed by atoms with Crippen molar-refractivity contribution in [3.8, 4) is 29.0 Å². The molecule has 178 valence electrons. The summed E-state index contributed by atoms with van der Waals surface area (Å²) in [7, 11) is 0. The molecule has 0 spiro atoms. The van der Waals surface area contributed by atoms with Gasteiger partial charge in [-0.25, -0.2) is 9.78 Å². The van der Waals surface area contributed by atoms with Crippen LogP contribution in [0, 0.1) is 29.6 Å². The smallest absolute Gasteiger partial charge is 0.211 e. The Bertz CT molecular complexity index is 1180. The number of aromatic nitrogens is 1. The third kappa shape index (κ3) is 8.86. The zero-order valence-electron chi connectivity index (χ0n) is 19.9. The van der Waals surface area contributed by atoms with Gasteiger partial charge in [0.25, 0.3) is 0 Å². The van der Waals surface area contributed by atoms with E-state index in [2.05, 4.69) is 30.2 Å². The first-order valence-electron chi connectivity index (χ1n) is 10.7. The van der Waals surface area contributed by atoms with Crippen LogP contribution in [0.2, 0.25) is 0 Å². The number of nitrogens with two attached hydrogens (primary N) is 1. The van der Waals surface area contributed by atoms with Crippen LogP contribution in [-0.2, 0) is 9.59 Å². The van der Waals surface area contributed by atoms with Crippen LogP contribution < -0.4 is 15.8 Å². The molecule has 0 saturated heterocycles. The van der Waals surface area contributed by atoms with E-state index >= 15 is 0 Å². The molecule has 0 fully saturated rings. The molecule has 0 aliphatic heterocycles. The second-order valence-electron chi connectivity index (χ2n) is 6.92. The lowest BCUT2D eigenvalue weighted by atomic mass is 9.95. The number of benzene rings is 2. The van der Waals surface area contributed by atoms with E-state index in [4.69, 9.17) is 10.5 Å². The molecule has 0 aliphatic rings. The molecule has 1 aromatic heterocycles. The lowest BCUT2D eigenvalue weighted by molar-refractivity contribution is -0.105. The van der Waals surface area contributed by atoms with Crippen LogP contribution in [0.25, 0.3) is 11.1 Å². The van der Waals surface area contributed by atoms with Gasteiger partial charge in [0.15, 0.2) is 0 Å². The van der Waals surface area contributed by atoms with Crippen LogP contribution in [-0.4, -0.2) is 23.9 Å². The maximum atomic E-state index is 10.1. The monoisotopic (exact) mass is 469 g/mol. The highest BCUT2D eigenvalue weighted by Crippen LogP contribution is 2.32. The number of carbonyl (C=O) groups is 1. The number of hydrogen-bond donors (Lipinski definition) is 2. The van der Waals surface area contributed by atoms with Gasteiger partial charge in [-0.05, 0) is 36.8 Å². The summed E-state index contributed by atoms with van der Waals surface area (Å²) in [6, 6.07) is 20.2. The van der Waals surface area contributed by atoms with Crippen molar-refractivity contribution in [3.05, 3.63) is 77.5 Å². The Morgan fingerprint density at radius 2 is 1.63 bits per heavy atom. The molecule has 35 heavy (non-hydrogen) atoms. The molecule has 0 bridgehead atoms. The molecule has 0 aliphatic carbocycles. The minimum Gasteiger partial charge on any atom is -0.489 e. The number of nitrogens with one attached hydrogen (secondary N) is 1. The zero-order chi connectivity index (χ0) is 26.1. The Balaban J connectivity index is 0.000000422. The van der Waals surface area contributed by atoms with Gasteiger partial charge in [0.05, 0.1) is 11.3 Å². The highest BCUT2D eigenvalue weighted by molar-refractivity contribution is 5.81. The number of nitrogens with zero attached hydrogens (tertiary/aromatic N) is 3. The predicted octanol–water partition coefficient (Wildman–Crippen LogP) is 4.82. The largest absolute Gasteiger partial charge is 0.489 e. The minimum atomic E-state index is 0.0930. The van der Waals surface area contributed by atoms with Gasteiger partial charge in [-0.1, -0.05) is 50.6 Å². The number of pyridine rings is 1. The van der Waals surface area contributed by atoms with E-state index in [0.29, 0.717) is 34.5 Å². The standard InChI is InChI=1S/C17H12N4O2.C7H7NO.C3H8/c1-11-14(9-18)16(15(10-19)17(20)21-11)12-3-5-13(6-4-12)23-8-2-7-22;9-6-8-7-4-2-1-3-5-7;1-3-2/h2-6H,8H2,1H3,(H2,20,21);1-6H,(H,8,9);3H2,1-2H3. The number of carbonyl (C=O) groups excluding carboxylic acids is 2. The second kappa shape index (κ2) is 15.8. The normalized spacial score (nSPS) is 8.83. The Morgan fingerprint density at radius 1 is 1.03 bits per heavy atom. The van der Waals surface area contributed by atoms with Crippen molar-refractivity contribution < 1.29 is 14.3 Å². The molecule has 3 aromatic rings. The number of nitriles is 2. The molecular weight excluding hydrogens is 442 g/mol. The molecule has 3 N–H and O–H groups in total. The summed E-state index contributed by atoms with van der Waals surface area (Å²) in [5.74, 6) is 2.27. The topological polar surface area (TPSA) is 142 Å². The Labute approximate surface area is 205 Å². The van der Waals surface area contributed by atoms with Gasteiger partial charge < -0.3 is 15.8 Å². The van der Waals surface area contributed by atoms with E-state index in [1.807, 2.05) is 36.4 Å². The van der Waals surface area contributed by atoms with Crippen molar-refractivity contribution >= 4 is 23.9 Å². The first kappa shape index (κ1) is 28.1. The van der Waals surface area contributed by atoms with E-state index < -0.39 is 0 Å². The van der Waals surface area contributed by atoms with Crippen molar-refractivity contribution in [2.75, 3.05) is 17.7 Å². The van der Waals surface area contributed by atoms with Crippen LogP contribution in [0.3, 0.4) is 0 Å². The van der Waals surface area contributed by atoms with Crippen molar-refractivity contribution in [3.63, 3.8) is 0 Å². The number of hydrogen-bond acceptors (Lipinski definition) is 7. The highest BCUT2D eigenvalue weighted by atomic mass is 16.5. The quantitative estimate of drug-likeness (QED) is 0.389. The summed E-state index contributed by atoms with van der Waals surface area (Å²) in [5, 5.41) is 21.2. The van der Waals surface area contributed by atoms with Gasteiger partial charge >= 0.3 is 0 Å². The fourth-order valence-electron chi connectivity index (χ4n) is 2.76. The summed E-state index contributed by atoms with van der Waals surface area (Å²) in [4.78, 5) is 24.0. The van der Waals surface area contributed by atoms with Gasteiger partial charge in [0.2, 0.25) is 6.41 Å². The van der Waals surface area contributed by atoms with Gasteiger partial charge in [-0.2, -0.15) is 10.5 Å². The van der Waals surface area contributed by atoms with Gasteiger partial charge in [-0.15, -0.1) is 0 Å². The number of aryl methyl sites for hydroxylation is 1. The zero-order valence-corrected chi connectivity index (χ0v) is 19.9. The Hall–Kier alpha value is -4.91. The summed E-state index contributed by atoms with van der Waals surface area (Å²) in [5.41, 5.74) is 8.69. The Kier molecular flexibility index (Phi) is 12.7. The van der Waals surface area contributed by atoms with Crippen molar-refractivity contribution in [1.82, 2.24) is 4.98 Å². The van der Waals surface area contributed by atoms with Gasteiger partial charge in [-0.3, -0.25) is 4.79 Å². The highest BCUT2D eigenvalue weighted by Gasteiger charge is 2.18. The molecule has 1 amide bonds. The second-order valence-corrected chi connectivity index (χ2v) is 6.92. The molecular formula is C27H27N5O3. The van der Waals surface area contributed by atoms with E-state index in [1.165, 1.54) is 12.5 Å². The van der Waals surface area contributed by atoms with Gasteiger partial charge in [0.1, 0.15) is 41.8 Å². The fraction of sp³-hybridized carbons (Fsp3) is 0.185. The van der Waals surface area contributed by atoms with E-state index in [9.17, 15) is 20.1 Å². The number of anilines is 2. The first-order chi connectivity index (χ1) is 17.0. The predicted molar refractivity (Wildman–Crippen MR) is 136 cm³/mol. The van der Waals surface area contributed by atoms with Crippen LogP contribution in [0.15, 0.2) is 60.7 Å². The average Bonchev–Trinajstić information content (AvgIpc) is 2.86. The summed E-state index contributed by atoms with van der Waals surface area (Å²) in [6.45, 7) is 6.04. The molecule has 0 unspecified atom stereocenters. The lowest BCUT2D eigenvalue weighted by Gasteiger charge is -2.11. The molecule has 0 radical (unpaired) electrons. The number of nitrogen functional groups attached to an aromatic ring is 1. The van der Waals surface area contributed by atoms with Crippen LogP contribution in [0.1, 0.15) is 37.1 Å². The molecule has 0 saturated carbocycles. The van der Waals surface area contributed by atoms with E-state index in [1.54, 1.807) is 37.1 Å². The third-order valence-electron chi connectivity index (χ3n) is 4.19. The SMILES string of the molecule is CCC.Cc1nc(N)c(C#N)c(-c2ccc(OCC=C=O)cc2)c1C#N.O=CNc1ccccc1. The number of para-hydroxylation sites is 1. The lowest BCUT2D eigenvalue weighted by Crippen LogP contribution is -2.03. The maximum absolute atomic E-state index is 10.1. The third-order valence-corrected chi connectivity index (χ3v) is 4.19. The number of ether oxygens (including phenoxy) is 1. The van der Waals surface area contributed by atoms with Crippen LogP contribution >= 0.6 is 0 Å². The van der Waals surface area contributed by atoms with Crippen molar-refractivity contribution in [2.24, 2.45) is 0 Å². The average molecular weight is 470 g/mol. The van der Waals surface area contributed by atoms with E-state index in [0.717, 1.165) is 5.69 Å². The number of rotatable bonds is 6. The number of amides is 1. The Morgan fingerprint density at radius 3 is 2.14 bits per heavy atom. The minimum absolute atomic E-state index is 0.0930. The molecule has 1 heterocycles. The van der Waals surface area contributed by atoms with Crippen LogP contribution in [0.5, 0.6) is 5.75 Å². The van der Waals surface area contributed by atoms with Crippen molar-refractivity contribution in [1.29, 1.82) is 10.5 Å². The first-order valence-corrected chi connectivity index (χ1v) is 10.7. The molecule has 2 aromatic carbocycles. The summed E-state index contributed by atoms with van der Waals surface area (Å²) < 4.78 is 5.31. The maximum Gasteiger partial charge on any atom is 0.211 e. The molecule has 0 atom stereocenters. The summed E-state index contributed by atoms with van der Waals surface area (Å²) >= 11 is 0. The van der Waals surface area contributed by atoms with E-state index in [-0.39, 0.29) is 18.0 Å². The molecule has 8 heteroatoms. The summed E-state index contributed by atoms with van der Waals surface area (Å²) in [6.07, 6.45) is 3.14.